The maximum Gasteiger partial charge on any atom is 0.190 e. The Balaban J connectivity index is 1.94. The summed E-state index contributed by atoms with van der Waals surface area (Å²) in [6, 6.07) is 12.3. The molecule has 6 nitrogen and oxygen atoms in total. The van der Waals surface area contributed by atoms with Crippen LogP contribution in [0.5, 0.6) is 5.75 Å². The number of hydrogen-bond acceptors (Lipinski definition) is 7. The molecule has 0 spiro atoms. The summed E-state index contributed by atoms with van der Waals surface area (Å²) in [4.78, 5) is 12.7. The molecule has 0 unspecified atom stereocenters. The molecule has 2 aromatic heterocycles. The van der Waals surface area contributed by atoms with Gasteiger partial charge < -0.3 is 10.8 Å². The standard InChI is InChI=1S/C17H13N5OS/c18-8-14-15(12-3-5-13(23)6-4-12)21-17(22-16(14)19)24-10-11-2-1-7-20-9-11/h1-7,9,23H,10H2,(H2,19,21,22). The van der Waals surface area contributed by atoms with Gasteiger partial charge in [0.25, 0.3) is 0 Å². The topological polar surface area (TPSA) is 109 Å². The van der Waals surface area contributed by atoms with E-state index in [-0.39, 0.29) is 17.1 Å². The number of nitrogen functional groups attached to an aromatic ring is 1. The van der Waals surface area contributed by atoms with Crippen LogP contribution in [0.15, 0.2) is 53.9 Å². The molecule has 0 saturated carbocycles. The van der Waals surface area contributed by atoms with Crippen molar-refractivity contribution in [1.82, 2.24) is 15.0 Å². The van der Waals surface area contributed by atoms with Gasteiger partial charge in [-0.2, -0.15) is 5.26 Å². The van der Waals surface area contributed by atoms with E-state index in [2.05, 4.69) is 15.0 Å². The van der Waals surface area contributed by atoms with Crippen molar-refractivity contribution in [3.05, 3.63) is 59.9 Å². The summed E-state index contributed by atoms with van der Waals surface area (Å²) in [5, 5.41) is 19.2. The van der Waals surface area contributed by atoms with Gasteiger partial charge >= 0.3 is 0 Å². The van der Waals surface area contributed by atoms with E-state index in [4.69, 9.17) is 5.73 Å². The number of anilines is 1. The minimum atomic E-state index is 0.143. The molecule has 3 rings (SSSR count). The van der Waals surface area contributed by atoms with Crippen LogP contribution in [0.3, 0.4) is 0 Å². The van der Waals surface area contributed by atoms with Gasteiger partial charge in [-0.15, -0.1) is 0 Å². The van der Waals surface area contributed by atoms with E-state index < -0.39 is 0 Å². The number of aromatic hydroxyl groups is 1. The van der Waals surface area contributed by atoms with E-state index in [9.17, 15) is 10.4 Å². The van der Waals surface area contributed by atoms with Gasteiger partial charge in [-0.3, -0.25) is 4.98 Å². The Morgan fingerprint density at radius 2 is 1.96 bits per heavy atom. The molecule has 0 bridgehead atoms. The van der Waals surface area contributed by atoms with E-state index in [1.165, 1.54) is 23.9 Å². The Labute approximate surface area is 143 Å². The summed E-state index contributed by atoms with van der Waals surface area (Å²) >= 11 is 1.42. The van der Waals surface area contributed by atoms with E-state index in [1.54, 1.807) is 24.5 Å². The van der Waals surface area contributed by atoms with Gasteiger partial charge in [-0.05, 0) is 35.9 Å². The zero-order valence-electron chi connectivity index (χ0n) is 12.5. The summed E-state index contributed by atoms with van der Waals surface area (Å²) in [5.74, 6) is 0.934. The van der Waals surface area contributed by atoms with Crippen molar-refractivity contribution in [2.75, 3.05) is 5.73 Å². The smallest absolute Gasteiger partial charge is 0.190 e. The van der Waals surface area contributed by atoms with Gasteiger partial charge in [-0.25, -0.2) is 9.97 Å². The average Bonchev–Trinajstić information content (AvgIpc) is 2.61. The first-order valence-corrected chi connectivity index (χ1v) is 8.04. The molecule has 0 amide bonds. The molecule has 3 aromatic rings. The number of benzene rings is 1. The second kappa shape index (κ2) is 6.98. The highest BCUT2D eigenvalue weighted by molar-refractivity contribution is 7.98. The van der Waals surface area contributed by atoms with Crippen LogP contribution in [0.25, 0.3) is 11.3 Å². The highest BCUT2D eigenvalue weighted by Crippen LogP contribution is 2.29. The molecule has 0 aliphatic carbocycles. The third-order valence-electron chi connectivity index (χ3n) is 3.26. The molecule has 7 heteroatoms. The highest BCUT2D eigenvalue weighted by atomic mass is 32.2. The first-order chi connectivity index (χ1) is 11.7. The molecule has 0 aliphatic rings. The van der Waals surface area contributed by atoms with Crippen LogP contribution in [0.1, 0.15) is 11.1 Å². The monoisotopic (exact) mass is 335 g/mol. The zero-order chi connectivity index (χ0) is 16.9. The Bertz CT molecular complexity index is 891. The molecule has 0 fully saturated rings. The second-order valence-corrected chi connectivity index (χ2v) is 5.87. The zero-order valence-corrected chi connectivity index (χ0v) is 13.4. The van der Waals surface area contributed by atoms with Crippen molar-refractivity contribution < 1.29 is 5.11 Å². The Morgan fingerprint density at radius 3 is 2.62 bits per heavy atom. The molecule has 1 aromatic carbocycles. The molecule has 2 heterocycles. The average molecular weight is 335 g/mol. The quantitative estimate of drug-likeness (QED) is 0.557. The van der Waals surface area contributed by atoms with Crippen LogP contribution in [0.2, 0.25) is 0 Å². The van der Waals surface area contributed by atoms with Crippen LogP contribution in [0, 0.1) is 11.3 Å². The van der Waals surface area contributed by atoms with Gasteiger partial charge in [0, 0.05) is 23.7 Å². The largest absolute Gasteiger partial charge is 0.508 e. The van der Waals surface area contributed by atoms with Crippen LogP contribution in [-0.4, -0.2) is 20.1 Å². The van der Waals surface area contributed by atoms with Gasteiger partial charge in [0.15, 0.2) is 5.16 Å². The van der Waals surface area contributed by atoms with Crippen molar-refractivity contribution in [2.24, 2.45) is 0 Å². The third kappa shape index (κ3) is 3.45. The van der Waals surface area contributed by atoms with Crippen LogP contribution in [-0.2, 0) is 5.75 Å². The van der Waals surface area contributed by atoms with Gasteiger partial charge in [0.05, 0.1) is 5.69 Å². The number of nitrogens with two attached hydrogens (primary N) is 1. The summed E-state index contributed by atoms with van der Waals surface area (Å²) < 4.78 is 0. The molecule has 3 N–H and O–H groups in total. The molecule has 24 heavy (non-hydrogen) atoms. The fourth-order valence-corrected chi connectivity index (χ4v) is 2.88. The lowest BCUT2D eigenvalue weighted by atomic mass is 10.1. The summed E-state index contributed by atoms with van der Waals surface area (Å²) in [6.45, 7) is 0. The van der Waals surface area contributed by atoms with Crippen molar-refractivity contribution in [3.63, 3.8) is 0 Å². The molecule has 0 aliphatic heterocycles. The Hall–Kier alpha value is -3.11. The molecular weight excluding hydrogens is 322 g/mol. The molecule has 118 valence electrons. The lowest BCUT2D eigenvalue weighted by Gasteiger charge is -2.08. The van der Waals surface area contributed by atoms with Gasteiger partial charge in [0.1, 0.15) is 23.2 Å². The Kier molecular flexibility index (Phi) is 4.59. The van der Waals surface area contributed by atoms with E-state index >= 15 is 0 Å². The van der Waals surface area contributed by atoms with E-state index in [1.807, 2.05) is 18.2 Å². The van der Waals surface area contributed by atoms with Crippen LogP contribution >= 0.6 is 11.8 Å². The van der Waals surface area contributed by atoms with Crippen LogP contribution in [0.4, 0.5) is 5.82 Å². The number of nitriles is 1. The number of phenolic OH excluding ortho intramolecular Hbond substituents is 1. The van der Waals surface area contributed by atoms with Crippen molar-refractivity contribution in [2.45, 2.75) is 10.9 Å². The van der Waals surface area contributed by atoms with Crippen molar-refractivity contribution >= 4 is 17.6 Å². The number of nitrogens with zero attached hydrogens (tertiary/aromatic N) is 4. The fraction of sp³-hybridized carbons (Fsp3) is 0.0588. The van der Waals surface area contributed by atoms with Crippen molar-refractivity contribution in [3.8, 4) is 23.1 Å². The molecule has 0 saturated heterocycles. The van der Waals surface area contributed by atoms with Gasteiger partial charge in [0.2, 0.25) is 0 Å². The van der Waals surface area contributed by atoms with Crippen molar-refractivity contribution in [1.29, 1.82) is 5.26 Å². The summed E-state index contributed by atoms with van der Waals surface area (Å²) in [5.41, 5.74) is 8.34. The maximum absolute atomic E-state index is 9.42. The minimum Gasteiger partial charge on any atom is -0.508 e. The summed E-state index contributed by atoms with van der Waals surface area (Å²) in [6.07, 6.45) is 3.49. The number of hydrogen-bond donors (Lipinski definition) is 2. The van der Waals surface area contributed by atoms with Crippen LogP contribution < -0.4 is 5.73 Å². The second-order valence-electron chi connectivity index (χ2n) is 4.92. The minimum absolute atomic E-state index is 0.143. The van der Waals surface area contributed by atoms with Gasteiger partial charge in [-0.1, -0.05) is 17.8 Å². The molecule has 0 radical (unpaired) electrons. The first-order valence-electron chi connectivity index (χ1n) is 7.06. The Morgan fingerprint density at radius 1 is 1.17 bits per heavy atom. The lowest BCUT2D eigenvalue weighted by molar-refractivity contribution is 0.475. The normalized spacial score (nSPS) is 10.3. The molecule has 0 atom stereocenters. The molecular formula is C17H13N5OS. The number of phenols is 1. The number of thioether (sulfide) groups is 1. The highest BCUT2D eigenvalue weighted by Gasteiger charge is 2.14. The van der Waals surface area contributed by atoms with E-state index in [0.29, 0.717) is 22.2 Å². The predicted octanol–water partition coefficient (Wildman–Crippen LogP) is 2.99. The summed E-state index contributed by atoms with van der Waals surface area (Å²) in [7, 11) is 0. The van der Waals surface area contributed by atoms with E-state index in [0.717, 1.165) is 5.56 Å². The SMILES string of the molecule is N#Cc1c(N)nc(SCc2cccnc2)nc1-c1ccc(O)cc1. The third-order valence-corrected chi connectivity index (χ3v) is 4.18. The number of aromatic nitrogens is 3. The first kappa shape index (κ1) is 15.8. The number of rotatable bonds is 4. The predicted molar refractivity (Wildman–Crippen MR) is 92.1 cm³/mol. The fourth-order valence-electron chi connectivity index (χ4n) is 2.09. The maximum atomic E-state index is 9.42. The number of pyridine rings is 1. The lowest BCUT2D eigenvalue weighted by Crippen LogP contribution is -2.02.